The Bertz CT molecular complexity index is 942. The Kier molecular flexibility index (Phi) is 5.46. The quantitative estimate of drug-likeness (QED) is 0.465. The molecule has 2 N–H and O–H groups in total. The smallest absolute Gasteiger partial charge is 0.293 e. The number of ether oxygens (including phenoxy) is 3. The van der Waals surface area contributed by atoms with E-state index in [-0.39, 0.29) is 10.6 Å². The lowest BCUT2D eigenvalue weighted by Crippen LogP contribution is -2.12. The van der Waals surface area contributed by atoms with Crippen LogP contribution in [0.25, 0.3) is 10.9 Å². The van der Waals surface area contributed by atoms with Gasteiger partial charge in [0, 0.05) is 30.7 Å². The summed E-state index contributed by atoms with van der Waals surface area (Å²) in [5, 5.41) is 15.3. The first kappa shape index (κ1) is 18.5. The van der Waals surface area contributed by atoms with Crippen LogP contribution in [0.2, 0.25) is 0 Å². The number of nitro groups is 1. The van der Waals surface area contributed by atoms with Gasteiger partial charge in [0.05, 0.1) is 26.3 Å². The molecule has 0 atom stereocenters. The maximum atomic E-state index is 11.1. The maximum Gasteiger partial charge on any atom is 0.293 e. The first-order valence-electron chi connectivity index (χ1n) is 8.32. The van der Waals surface area contributed by atoms with Crippen molar-refractivity contribution in [1.29, 1.82) is 0 Å². The number of nitro benzene ring substituents is 1. The van der Waals surface area contributed by atoms with Gasteiger partial charge >= 0.3 is 0 Å². The van der Waals surface area contributed by atoms with Crippen LogP contribution in [-0.2, 0) is 13.1 Å². The van der Waals surface area contributed by atoms with E-state index in [0.717, 1.165) is 16.5 Å². The number of rotatable bonds is 8. The largest absolute Gasteiger partial charge is 0.493 e. The number of benzene rings is 2. The Labute approximate surface area is 156 Å². The third-order valence-electron chi connectivity index (χ3n) is 4.34. The van der Waals surface area contributed by atoms with Crippen LogP contribution in [0.15, 0.2) is 36.5 Å². The highest BCUT2D eigenvalue weighted by Gasteiger charge is 2.15. The van der Waals surface area contributed by atoms with E-state index >= 15 is 0 Å². The lowest BCUT2D eigenvalue weighted by atomic mass is 10.1. The number of aromatic amines is 1. The summed E-state index contributed by atoms with van der Waals surface area (Å²) >= 11 is 0. The molecule has 0 unspecified atom stereocenters. The molecule has 0 bridgehead atoms. The molecule has 142 valence electrons. The molecule has 3 aromatic rings. The zero-order valence-corrected chi connectivity index (χ0v) is 15.4. The first-order chi connectivity index (χ1) is 13.1. The number of non-ortho nitro benzene ring substituents is 1. The Hall–Kier alpha value is -3.26. The topological polar surface area (TPSA) is 98.7 Å². The highest BCUT2D eigenvalue weighted by Crippen LogP contribution is 2.38. The minimum atomic E-state index is -0.383. The summed E-state index contributed by atoms with van der Waals surface area (Å²) in [6.45, 7) is 1.12. The summed E-state index contributed by atoms with van der Waals surface area (Å²) in [6.07, 6.45) is 1.79. The van der Waals surface area contributed by atoms with Crippen molar-refractivity contribution in [2.45, 2.75) is 13.1 Å². The van der Waals surface area contributed by atoms with Crippen LogP contribution in [0.1, 0.15) is 11.1 Å². The van der Waals surface area contributed by atoms with Gasteiger partial charge in [-0.1, -0.05) is 12.1 Å². The van der Waals surface area contributed by atoms with Gasteiger partial charge in [-0.2, -0.15) is 0 Å². The lowest BCUT2D eigenvalue weighted by molar-refractivity contribution is -0.383. The van der Waals surface area contributed by atoms with Crippen LogP contribution in [0.4, 0.5) is 5.69 Å². The molecule has 0 saturated carbocycles. The van der Waals surface area contributed by atoms with Crippen molar-refractivity contribution in [2.75, 3.05) is 21.3 Å². The fourth-order valence-electron chi connectivity index (χ4n) is 3.07. The van der Waals surface area contributed by atoms with Crippen molar-refractivity contribution >= 4 is 16.6 Å². The summed E-state index contributed by atoms with van der Waals surface area (Å²) < 4.78 is 16.1. The molecule has 1 aromatic heterocycles. The highest BCUT2D eigenvalue weighted by atomic mass is 16.6. The average Bonchev–Trinajstić information content (AvgIpc) is 3.10. The molecular weight excluding hydrogens is 350 g/mol. The van der Waals surface area contributed by atoms with Crippen LogP contribution < -0.4 is 19.5 Å². The minimum Gasteiger partial charge on any atom is -0.493 e. The molecule has 0 saturated heterocycles. The molecule has 1 heterocycles. The number of hydrogen-bond acceptors (Lipinski definition) is 6. The molecule has 0 radical (unpaired) electrons. The second kappa shape index (κ2) is 7.96. The fraction of sp³-hybridized carbons (Fsp3) is 0.263. The molecule has 0 aliphatic carbocycles. The van der Waals surface area contributed by atoms with Gasteiger partial charge < -0.3 is 24.5 Å². The van der Waals surface area contributed by atoms with Gasteiger partial charge in [0.15, 0.2) is 11.5 Å². The highest BCUT2D eigenvalue weighted by molar-refractivity contribution is 5.90. The molecule has 0 aliphatic rings. The summed E-state index contributed by atoms with van der Waals surface area (Å²) in [7, 11) is 4.72. The van der Waals surface area contributed by atoms with E-state index in [0.29, 0.717) is 35.9 Å². The number of para-hydroxylation sites is 1. The number of H-pyrrole nitrogens is 1. The molecule has 27 heavy (non-hydrogen) atoms. The second-order valence-corrected chi connectivity index (χ2v) is 5.91. The van der Waals surface area contributed by atoms with Crippen LogP contribution in [0.5, 0.6) is 17.2 Å². The van der Waals surface area contributed by atoms with E-state index in [9.17, 15) is 10.1 Å². The van der Waals surface area contributed by atoms with Gasteiger partial charge in [-0.25, -0.2) is 0 Å². The summed E-state index contributed by atoms with van der Waals surface area (Å²) in [5.41, 5.74) is 2.53. The Morgan fingerprint density at radius 2 is 1.78 bits per heavy atom. The van der Waals surface area contributed by atoms with E-state index < -0.39 is 0 Å². The van der Waals surface area contributed by atoms with Gasteiger partial charge in [-0.05, 0) is 23.3 Å². The summed E-state index contributed by atoms with van der Waals surface area (Å²) in [6, 6.07) is 8.82. The number of hydrogen-bond donors (Lipinski definition) is 2. The van der Waals surface area contributed by atoms with Gasteiger partial charge in [0.1, 0.15) is 5.52 Å². The zero-order chi connectivity index (χ0) is 19.4. The second-order valence-electron chi connectivity index (χ2n) is 5.91. The number of nitrogens with one attached hydrogen (secondary N) is 2. The predicted molar refractivity (Wildman–Crippen MR) is 102 cm³/mol. The van der Waals surface area contributed by atoms with Crippen molar-refractivity contribution in [3.05, 3.63) is 57.8 Å². The van der Waals surface area contributed by atoms with E-state index in [1.54, 1.807) is 33.6 Å². The van der Waals surface area contributed by atoms with Gasteiger partial charge in [0.2, 0.25) is 5.75 Å². The molecule has 0 fully saturated rings. The molecule has 8 nitrogen and oxygen atoms in total. The molecule has 0 spiro atoms. The summed E-state index contributed by atoms with van der Waals surface area (Å²) in [5.74, 6) is 1.74. The third-order valence-corrected chi connectivity index (χ3v) is 4.34. The maximum absolute atomic E-state index is 11.1. The summed E-state index contributed by atoms with van der Waals surface area (Å²) in [4.78, 5) is 13.7. The van der Waals surface area contributed by atoms with Crippen LogP contribution in [0, 0.1) is 10.1 Å². The van der Waals surface area contributed by atoms with Crippen molar-refractivity contribution in [1.82, 2.24) is 10.3 Å². The molecule has 0 amide bonds. The van der Waals surface area contributed by atoms with Crippen LogP contribution >= 0.6 is 0 Å². The fourth-order valence-corrected chi connectivity index (χ4v) is 3.07. The molecule has 0 aliphatic heterocycles. The number of nitrogens with zero attached hydrogens (tertiary/aromatic N) is 1. The molecule has 2 aromatic carbocycles. The van der Waals surface area contributed by atoms with Crippen molar-refractivity contribution in [2.24, 2.45) is 0 Å². The minimum absolute atomic E-state index is 0.0726. The Balaban J connectivity index is 1.76. The molecule has 3 rings (SSSR count). The zero-order valence-electron chi connectivity index (χ0n) is 15.4. The van der Waals surface area contributed by atoms with Crippen LogP contribution in [0.3, 0.4) is 0 Å². The number of fused-ring (bicyclic) bond motifs is 1. The number of methoxy groups -OCH3 is 3. The van der Waals surface area contributed by atoms with Crippen molar-refractivity contribution in [3.8, 4) is 17.2 Å². The van der Waals surface area contributed by atoms with Crippen molar-refractivity contribution in [3.63, 3.8) is 0 Å². The SMILES string of the molecule is COc1cc(CNCc2c[nH]c3c([N+](=O)[O-])cccc23)cc(OC)c1OC. The average molecular weight is 371 g/mol. The number of aromatic nitrogens is 1. The van der Waals surface area contributed by atoms with E-state index in [1.165, 1.54) is 6.07 Å². The van der Waals surface area contributed by atoms with E-state index in [1.807, 2.05) is 18.2 Å². The molecule has 8 heteroatoms. The first-order valence-corrected chi connectivity index (χ1v) is 8.32. The lowest BCUT2D eigenvalue weighted by Gasteiger charge is -2.14. The van der Waals surface area contributed by atoms with Gasteiger partial charge in [0.25, 0.3) is 5.69 Å². The Morgan fingerprint density at radius 3 is 2.37 bits per heavy atom. The van der Waals surface area contributed by atoms with Gasteiger partial charge in [-0.15, -0.1) is 0 Å². The normalized spacial score (nSPS) is 10.8. The predicted octanol–water partition coefficient (Wildman–Crippen LogP) is 3.39. The Morgan fingerprint density at radius 1 is 1.07 bits per heavy atom. The van der Waals surface area contributed by atoms with Crippen molar-refractivity contribution < 1.29 is 19.1 Å². The monoisotopic (exact) mass is 371 g/mol. The van der Waals surface area contributed by atoms with Crippen LogP contribution in [-0.4, -0.2) is 31.2 Å². The molecular formula is C19H21N3O5. The van der Waals surface area contributed by atoms with E-state index in [4.69, 9.17) is 14.2 Å². The van der Waals surface area contributed by atoms with Gasteiger partial charge in [-0.3, -0.25) is 10.1 Å². The third kappa shape index (κ3) is 3.65. The standard InChI is InChI=1S/C19H21N3O5/c1-25-16-7-12(8-17(26-2)19(16)27-3)9-20-10-13-11-21-18-14(13)5-4-6-15(18)22(23)24/h4-8,11,20-21H,9-10H2,1-3H3. The van der Waals surface area contributed by atoms with E-state index in [2.05, 4.69) is 10.3 Å².